The predicted molar refractivity (Wildman–Crippen MR) is 153 cm³/mol. The van der Waals surface area contributed by atoms with E-state index in [1.807, 2.05) is 0 Å². The zero-order chi connectivity index (χ0) is 31.1. The third-order valence-corrected chi connectivity index (χ3v) is 5.50. The van der Waals surface area contributed by atoms with Gasteiger partial charge in [0.2, 0.25) is 17.4 Å². The van der Waals surface area contributed by atoms with Crippen LogP contribution in [0.3, 0.4) is 0 Å². The second-order valence-electron chi connectivity index (χ2n) is 8.57. The van der Waals surface area contributed by atoms with Crippen LogP contribution in [0.5, 0.6) is 40.5 Å². The van der Waals surface area contributed by atoms with Gasteiger partial charge in [-0.25, -0.2) is 4.79 Å². The summed E-state index contributed by atoms with van der Waals surface area (Å²) in [5.41, 5.74) is 11.9. The highest BCUT2D eigenvalue weighted by Gasteiger charge is 2.26. The summed E-state index contributed by atoms with van der Waals surface area (Å²) < 4.78 is 52.5. The number of ether oxygens (including phenoxy) is 4. The van der Waals surface area contributed by atoms with Crippen molar-refractivity contribution in [2.75, 3.05) is 12.4 Å². The minimum Gasteiger partial charge on any atom is -0.504 e. The van der Waals surface area contributed by atoms with Gasteiger partial charge in [0.15, 0.2) is 17.5 Å². The second kappa shape index (κ2) is 13.0. The number of carbonyl (C=O) groups excluding carboxylic acids is 1. The van der Waals surface area contributed by atoms with E-state index in [1.54, 1.807) is 6.07 Å². The van der Waals surface area contributed by atoms with Crippen LogP contribution in [-0.2, 0) is 9.53 Å². The number of carbonyl (C=O) groups is 1. The molecule has 0 unspecified atom stereocenters. The van der Waals surface area contributed by atoms with Crippen molar-refractivity contribution in [3.8, 4) is 40.5 Å². The zero-order valence-corrected chi connectivity index (χ0v) is 22.4. The van der Waals surface area contributed by atoms with Crippen LogP contribution >= 0.6 is 0 Å². The summed E-state index contributed by atoms with van der Waals surface area (Å²) in [5.74, 6) is -7.26. The highest BCUT2D eigenvalue weighted by atomic mass is 19.1. The highest BCUT2D eigenvalue weighted by molar-refractivity contribution is 5.95. The van der Waals surface area contributed by atoms with Gasteiger partial charge in [-0.15, -0.1) is 0 Å². The molecule has 0 aliphatic carbocycles. The standard InChI is InChI=1S/C29H24F2N6O6/c1-40-22(39)12-7-15-5-9-18(10-6-15)41-25-23(30)27(42-19-4-2-3-17(14-19)36-29(34)35)37-28(24(25)31)43-21-13-16(26(32)33)8-11-20(21)38/h2-14,38H,1H3,(H3,32,33)(H4,34,35,36). The van der Waals surface area contributed by atoms with Gasteiger partial charge in [-0.1, -0.05) is 18.2 Å². The highest BCUT2D eigenvalue weighted by Crippen LogP contribution is 2.41. The molecule has 14 heteroatoms. The lowest BCUT2D eigenvalue weighted by Crippen LogP contribution is -2.20. The predicted octanol–water partition coefficient (Wildman–Crippen LogP) is 5.22. The largest absolute Gasteiger partial charge is 0.504 e. The summed E-state index contributed by atoms with van der Waals surface area (Å²) in [6, 6.07) is 15.5. The van der Waals surface area contributed by atoms with Gasteiger partial charge in [0.1, 0.15) is 17.3 Å². The first-order valence-corrected chi connectivity index (χ1v) is 12.2. The summed E-state index contributed by atoms with van der Waals surface area (Å²) in [6.45, 7) is 0. The number of phenols is 1. The first-order chi connectivity index (χ1) is 20.5. The molecule has 0 bridgehead atoms. The minimum absolute atomic E-state index is 0.00481. The van der Waals surface area contributed by atoms with Gasteiger partial charge in [-0.3, -0.25) is 10.8 Å². The van der Waals surface area contributed by atoms with E-state index in [4.69, 9.17) is 36.5 Å². The summed E-state index contributed by atoms with van der Waals surface area (Å²) in [6.07, 6.45) is 2.67. The number of pyridine rings is 1. The van der Waals surface area contributed by atoms with Crippen LogP contribution in [0.2, 0.25) is 0 Å². The minimum atomic E-state index is -1.38. The van der Waals surface area contributed by atoms with Crippen molar-refractivity contribution in [1.29, 1.82) is 10.8 Å². The van der Waals surface area contributed by atoms with Gasteiger partial charge < -0.3 is 40.8 Å². The molecule has 3 aromatic carbocycles. The molecule has 220 valence electrons. The third kappa shape index (κ3) is 7.52. The molecule has 0 aliphatic heterocycles. The van der Waals surface area contributed by atoms with Crippen LogP contribution in [0.15, 0.2) is 72.8 Å². The molecule has 0 amide bonds. The van der Waals surface area contributed by atoms with E-state index >= 15 is 8.78 Å². The fraction of sp³-hybridized carbons (Fsp3) is 0.0345. The van der Waals surface area contributed by atoms with Crippen LogP contribution in [0.4, 0.5) is 14.5 Å². The molecule has 0 aliphatic rings. The number of aromatic nitrogens is 1. The fourth-order valence-corrected chi connectivity index (χ4v) is 3.48. The maximum atomic E-state index is 15.7. The number of esters is 1. The van der Waals surface area contributed by atoms with Crippen LogP contribution in [0.25, 0.3) is 6.08 Å². The number of nitrogen functional groups attached to an aromatic ring is 1. The number of hydrogen-bond acceptors (Lipinski definition) is 9. The molecule has 8 N–H and O–H groups in total. The van der Waals surface area contributed by atoms with Crippen molar-refractivity contribution in [2.45, 2.75) is 0 Å². The molecule has 12 nitrogen and oxygen atoms in total. The van der Waals surface area contributed by atoms with E-state index in [-0.39, 0.29) is 34.6 Å². The Kier molecular flexibility index (Phi) is 9.00. The average Bonchev–Trinajstić information content (AvgIpc) is 2.97. The molecule has 0 atom stereocenters. The Labute approximate surface area is 243 Å². The number of nitrogens with one attached hydrogen (secondary N) is 3. The van der Waals surface area contributed by atoms with E-state index in [9.17, 15) is 9.90 Å². The van der Waals surface area contributed by atoms with E-state index in [2.05, 4.69) is 15.0 Å². The Morgan fingerprint density at radius 2 is 1.63 bits per heavy atom. The second-order valence-corrected chi connectivity index (χ2v) is 8.57. The van der Waals surface area contributed by atoms with Crippen molar-refractivity contribution in [2.24, 2.45) is 11.5 Å². The van der Waals surface area contributed by atoms with E-state index < -0.39 is 40.9 Å². The van der Waals surface area contributed by atoms with E-state index in [0.29, 0.717) is 11.3 Å². The number of hydrogen-bond donors (Lipinski definition) is 6. The molecular formula is C29H24F2N6O6. The SMILES string of the molecule is COC(=O)C=Cc1ccc(Oc2c(F)c(Oc3cccc(NC(=N)N)c3)nc(Oc3cc(C(=N)N)ccc3O)c2F)cc1. The number of benzene rings is 3. The van der Waals surface area contributed by atoms with Crippen molar-refractivity contribution < 1.29 is 37.6 Å². The summed E-state index contributed by atoms with van der Waals surface area (Å²) in [4.78, 5) is 15.2. The van der Waals surface area contributed by atoms with Crippen molar-refractivity contribution in [3.05, 3.63) is 95.6 Å². The summed E-state index contributed by atoms with van der Waals surface area (Å²) in [7, 11) is 1.23. The molecule has 0 saturated carbocycles. The van der Waals surface area contributed by atoms with Gasteiger partial charge in [0.05, 0.1) is 7.11 Å². The molecule has 0 saturated heterocycles. The van der Waals surface area contributed by atoms with Crippen LogP contribution in [-0.4, -0.2) is 35.0 Å². The maximum absolute atomic E-state index is 15.7. The number of amidine groups is 1. The van der Waals surface area contributed by atoms with Crippen LogP contribution in [0, 0.1) is 22.5 Å². The maximum Gasteiger partial charge on any atom is 0.330 e. The van der Waals surface area contributed by atoms with E-state index in [0.717, 1.165) is 0 Å². The van der Waals surface area contributed by atoms with E-state index in [1.165, 1.54) is 79.9 Å². The van der Waals surface area contributed by atoms with Gasteiger partial charge in [-0.2, -0.15) is 13.8 Å². The molecule has 0 spiro atoms. The monoisotopic (exact) mass is 590 g/mol. The Hall–Kier alpha value is -6.18. The summed E-state index contributed by atoms with van der Waals surface area (Å²) in [5, 5.41) is 27.8. The number of methoxy groups -OCH3 is 1. The van der Waals surface area contributed by atoms with Crippen molar-refractivity contribution >= 4 is 29.5 Å². The van der Waals surface area contributed by atoms with Crippen molar-refractivity contribution in [3.63, 3.8) is 0 Å². The van der Waals surface area contributed by atoms with Gasteiger partial charge in [0.25, 0.3) is 11.8 Å². The number of nitrogens with zero attached hydrogens (tertiary/aromatic N) is 1. The van der Waals surface area contributed by atoms with Crippen LogP contribution < -0.4 is 31.0 Å². The van der Waals surface area contributed by atoms with Gasteiger partial charge >= 0.3 is 5.97 Å². The molecule has 43 heavy (non-hydrogen) atoms. The Balaban J connectivity index is 1.75. The zero-order valence-electron chi connectivity index (χ0n) is 22.4. The lowest BCUT2D eigenvalue weighted by atomic mass is 10.2. The topological polar surface area (TPSA) is 199 Å². The van der Waals surface area contributed by atoms with Gasteiger partial charge in [0, 0.05) is 23.4 Å². The molecule has 4 rings (SSSR count). The Bertz CT molecular complexity index is 1730. The molecule has 4 aromatic rings. The lowest BCUT2D eigenvalue weighted by Gasteiger charge is -2.15. The number of anilines is 1. The number of halogens is 2. The first kappa shape index (κ1) is 29.8. The summed E-state index contributed by atoms with van der Waals surface area (Å²) >= 11 is 0. The van der Waals surface area contributed by atoms with Gasteiger partial charge in [-0.05, 0) is 54.1 Å². The number of aromatic hydroxyl groups is 1. The first-order valence-electron chi connectivity index (χ1n) is 12.2. The molecule has 0 fully saturated rings. The number of phenolic OH excluding ortho intramolecular Hbond substituents is 1. The normalized spacial score (nSPS) is 10.7. The van der Waals surface area contributed by atoms with Crippen molar-refractivity contribution in [1.82, 2.24) is 4.98 Å². The molecule has 1 aromatic heterocycles. The number of guanidine groups is 1. The Morgan fingerprint density at radius 3 is 2.28 bits per heavy atom. The molecular weight excluding hydrogens is 566 g/mol. The smallest absolute Gasteiger partial charge is 0.330 e. The third-order valence-electron chi connectivity index (χ3n) is 5.50. The number of rotatable bonds is 10. The average molecular weight is 591 g/mol. The lowest BCUT2D eigenvalue weighted by molar-refractivity contribution is -0.134. The molecule has 0 radical (unpaired) electrons. The molecule has 1 heterocycles. The Morgan fingerprint density at radius 1 is 0.930 bits per heavy atom. The quantitative estimate of drug-likeness (QED) is 0.0616. The van der Waals surface area contributed by atoms with Crippen LogP contribution in [0.1, 0.15) is 11.1 Å². The fourth-order valence-electron chi connectivity index (χ4n) is 3.48. The number of nitrogens with two attached hydrogens (primary N) is 2.